The number of methoxy groups -OCH3 is 1. The van der Waals surface area contributed by atoms with E-state index in [-0.39, 0.29) is 0 Å². The number of nitrogens with zero attached hydrogens (tertiary/aromatic N) is 3. The van der Waals surface area contributed by atoms with Gasteiger partial charge in [-0.05, 0) is 13.0 Å². The number of nitrogens with two attached hydrogens (primary N) is 1. The molecule has 0 aliphatic heterocycles. The van der Waals surface area contributed by atoms with Crippen molar-refractivity contribution in [3.63, 3.8) is 0 Å². The minimum atomic E-state index is 0.299. The molecule has 0 radical (unpaired) electrons. The Morgan fingerprint density at radius 1 is 1.29 bits per heavy atom. The van der Waals surface area contributed by atoms with E-state index >= 15 is 0 Å². The van der Waals surface area contributed by atoms with Gasteiger partial charge in [-0.15, -0.1) is 0 Å². The number of hydrogen-bond donors (Lipinski definition) is 1. The van der Waals surface area contributed by atoms with E-state index < -0.39 is 0 Å². The van der Waals surface area contributed by atoms with E-state index in [1.54, 1.807) is 25.3 Å². The van der Waals surface area contributed by atoms with E-state index in [9.17, 15) is 0 Å². The van der Waals surface area contributed by atoms with Crippen LogP contribution < -0.4 is 15.2 Å². The van der Waals surface area contributed by atoms with Gasteiger partial charge in [-0.2, -0.15) is 0 Å². The van der Waals surface area contributed by atoms with Gasteiger partial charge in [0.05, 0.1) is 13.3 Å². The summed E-state index contributed by atoms with van der Waals surface area (Å²) in [5.74, 6) is 2.34. The lowest BCUT2D eigenvalue weighted by Gasteiger charge is -2.08. The molecule has 2 rings (SSSR count). The normalized spacial score (nSPS) is 10.0. The lowest BCUT2D eigenvalue weighted by atomic mass is 10.4. The molecule has 0 unspecified atom stereocenters. The zero-order valence-electron chi connectivity index (χ0n) is 9.54. The van der Waals surface area contributed by atoms with Gasteiger partial charge < -0.3 is 15.2 Å². The number of hydrogen-bond acceptors (Lipinski definition) is 6. The van der Waals surface area contributed by atoms with Crippen LogP contribution in [0.4, 0.5) is 5.82 Å². The first kappa shape index (κ1) is 11.1. The molecule has 2 aromatic heterocycles. The van der Waals surface area contributed by atoms with Crippen molar-refractivity contribution in [3.05, 3.63) is 30.4 Å². The Bertz CT molecular complexity index is 531. The van der Waals surface area contributed by atoms with Crippen LogP contribution >= 0.6 is 0 Å². The number of aromatic nitrogens is 3. The van der Waals surface area contributed by atoms with Gasteiger partial charge in [0.2, 0.25) is 5.88 Å². The first-order valence-corrected chi connectivity index (χ1v) is 4.96. The number of aryl methyl sites for hydroxylation is 1. The molecule has 2 aromatic rings. The SMILES string of the molecule is COc1cc(Oc2cnc(C)nc2N)ccn1. The zero-order valence-corrected chi connectivity index (χ0v) is 9.54. The Kier molecular flexibility index (Phi) is 3.04. The minimum Gasteiger partial charge on any atom is -0.481 e. The van der Waals surface area contributed by atoms with Crippen LogP contribution in [0.2, 0.25) is 0 Å². The molecule has 2 heterocycles. The topological polar surface area (TPSA) is 83.2 Å². The Morgan fingerprint density at radius 2 is 2.12 bits per heavy atom. The average molecular weight is 232 g/mol. The maximum atomic E-state index is 5.72. The summed E-state index contributed by atoms with van der Waals surface area (Å²) >= 11 is 0. The highest BCUT2D eigenvalue weighted by atomic mass is 16.5. The van der Waals surface area contributed by atoms with Gasteiger partial charge in [0, 0.05) is 12.3 Å². The molecular formula is C11H12N4O2. The fourth-order valence-electron chi connectivity index (χ4n) is 1.25. The van der Waals surface area contributed by atoms with Gasteiger partial charge in [0.15, 0.2) is 11.6 Å². The second-order valence-corrected chi connectivity index (χ2v) is 3.30. The fourth-order valence-corrected chi connectivity index (χ4v) is 1.25. The third-order valence-corrected chi connectivity index (χ3v) is 2.05. The van der Waals surface area contributed by atoms with Crippen molar-refractivity contribution in [2.75, 3.05) is 12.8 Å². The third-order valence-electron chi connectivity index (χ3n) is 2.05. The monoisotopic (exact) mass is 232 g/mol. The van der Waals surface area contributed by atoms with Gasteiger partial charge in [-0.25, -0.2) is 15.0 Å². The highest BCUT2D eigenvalue weighted by Crippen LogP contribution is 2.26. The number of pyridine rings is 1. The molecule has 0 fully saturated rings. The summed E-state index contributed by atoms with van der Waals surface area (Å²) in [6.45, 7) is 1.76. The van der Waals surface area contributed by atoms with Crippen molar-refractivity contribution in [2.24, 2.45) is 0 Å². The van der Waals surface area contributed by atoms with Crippen molar-refractivity contribution in [3.8, 4) is 17.4 Å². The van der Waals surface area contributed by atoms with E-state index in [4.69, 9.17) is 15.2 Å². The van der Waals surface area contributed by atoms with E-state index in [0.29, 0.717) is 29.0 Å². The van der Waals surface area contributed by atoms with E-state index in [0.717, 1.165) is 0 Å². The maximum absolute atomic E-state index is 5.72. The van der Waals surface area contributed by atoms with Crippen molar-refractivity contribution in [1.82, 2.24) is 15.0 Å². The molecule has 0 spiro atoms. The summed E-state index contributed by atoms with van der Waals surface area (Å²) in [7, 11) is 1.54. The van der Waals surface area contributed by atoms with Gasteiger partial charge in [0.25, 0.3) is 0 Å². The summed E-state index contributed by atoms with van der Waals surface area (Å²) in [6, 6.07) is 3.35. The molecule has 0 aromatic carbocycles. The highest BCUT2D eigenvalue weighted by molar-refractivity contribution is 5.46. The molecule has 0 bridgehead atoms. The molecule has 6 nitrogen and oxygen atoms in total. The van der Waals surface area contributed by atoms with Crippen molar-refractivity contribution in [2.45, 2.75) is 6.92 Å². The maximum Gasteiger partial charge on any atom is 0.216 e. The van der Waals surface area contributed by atoms with E-state index in [1.165, 1.54) is 13.3 Å². The second-order valence-electron chi connectivity index (χ2n) is 3.30. The van der Waals surface area contributed by atoms with Gasteiger partial charge in [-0.1, -0.05) is 0 Å². The highest BCUT2D eigenvalue weighted by Gasteiger charge is 2.05. The molecule has 6 heteroatoms. The molecule has 17 heavy (non-hydrogen) atoms. The first-order valence-electron chi connectivity index (χ1n) is 4.96. The van der Waals surface area contributed by atoms with Crippen LogP contribution in [-0.2, 0) is 0 Å². The van der Waals surface area contributed by atoms with Crippen LogP contribution in [0.25, 0.3) is 0 Å². The number of ether oxygens (including phenoxy) is 2. The third kappa shape index (κ3) is 2.60. The molecule has 0 atom stereocenters. The quantitative estimate of drug-likeness (QED) is 0.864. The lowest BCUT2D eigenvalue weighted by molar-refractivity contribution is 0.392. The molecular weight excluding hydrogens is 220 g/mol. The molecule has 0 saturated carbocycles. The number of rotatable bonds is 3. The van der Waals surface area contributed by atoms with E-state index in [2.05, 4.69) is 15.0 Å². The molecule has 0 aliphatic carbocycles. The Hall–Kier alpha value is -2.37. The predicted octanol–water partition coefficient (Wildman–Crippen LogP) is 1.56. The Labute approximate surface area is 98.4 Å². The average Bonchev–Trinajstić information content (AvgIpc) is 2.33. The fraction of sp³-hybridized carbons (Fsp3) is 0.182. The van der Waals surface area contributed by atoms with Crippen LogP contribution in [0.1, 0.15) is 5.82 Å². The first-order chi connectivity index (χ1) is 8.19. The van der Waals surface area contributed by atoms with Crippen molar-refractivity contribution >= 4 is 5.82 Å². The summed E-state index contributed by atoms with van der Waals surface area (Å²) in [5.41, 5.74) is 5.72. The van der Waals surface area contributed by atoms with Crippen LogP contribution in [0.5, 0.6) is 17.4 Å². The molecule has 0 saturated heterocycles. The number of nitrogen functional groups attached to an aromatic ring is 1. The summed E-state index contributed by atoms with van der Waals surface area (Å²) in [5, 5.41) is 0. The summed E-state index contributed by atoms with van der Waals surface area (Å²) in [4.78, 5) is 12.0. The van der Waals surface area contributed by atoms with Crippen molar-refractivity contribution < 1.29 is 9.47 Å². The van der Waals surface area contributed by atoms with Gasteiger partial charge in [-0.3, -0.25) is 0 Å². The summed E-state index contributed by atoms with van der Waals surface area (Å²) in [6.07, 6.45) is 3.12. The minimum absolute atomic E-state index is 0.299. The van der Waals surface area contributed by atoms with Crippen LogP contribution in [0.15, 0.2) is 24.5 Å². The van der Waals surface area contributed by atoms with E-state index in [1.807, 2.05) is 0 Å². The molecule has 0 aliphatic rings. The molecule has 0 amide bonds. The van der Waals surface area contributed by atoms with Crippen LogP contribution in [0, 0.1) is 6.92 Å². The Balaban J connectivity index is 2.25. The van der Waals surface area contributed by atoms with Crippen LogP contribution in [-0.4, -0.2) is 22.1 Å². The van der Waals surface area contributed by atoms with Gasteiger partial charge in [0.1, 0.15) is 11.6 Å². The van der Waals surface area contributed by atoms with Crippen LogP contribution in [0.3, 0.4) is 0 Å². The Morgan fingerprint density at radius 3 is 2.82 bits per heavy atom. The lowest BCUT2D eigenvalue weighted by Crippen LogP contribution is -1.99. The smallest absolute Gasteiger partial charge is 0.216 e. The molecule has 2 N–H and O–H groups in total. The van der Waals surface area contributed by atoms with Crippen molar-refractivity contribution in [1.29, 1.82) is 0 Å². The standard InChI is InChI=1S/C11H12N4O2/c1-7-14-6-9(11(12)15-7)17-8-3-4-13-10(5-8)16-2/h3-6H,1-2H3,(H2,12,14,15). The zero-order chi connectivity index (χ0) is 12.3. The largest absolute Gasteiger partial charge is 0.481 e. The molecule has 88 valence electrons. The summed E-state index contributed by atoms with van der Waals surface area (Å²) < 4.78 is 10.5. The second kappa shape index (κ2) is 4.65. The number of anilines is 1. The predicted molar refractivity (Wildman–Crippen MR) is 62.0 cm³/mol. The van der Waals surface area contributed by atoms with Gasteiger partial charge >= 0.3 is 0 Å².